The first-order valence-corrected chi connectivity index (χ1v) is 7.83. The highest BCUT2D eigenvalue weighted by molar-refractivity contribution is 5.76. The van der Waals surface area contributed by atoms with Crippen LogP contribution in [-0.2, 0) is 14.3 Å². The molecule has 0 fully saturated rings. The van der Waals surface area contributed by atoms with Crippen LogP contribution in [0.2, 0.25) is 0 Å². The van der Waals surface area contributed by atoms with Crippen LogP contribution in [0.3, 0.4) is 0 Å². The average molecular weight is 300 g/mol. The van der Waals surface area contributed by atoms with Gasteiger partial charge in [-0.3, -0.25) is 9.59 Å². The van der Waals surface area contributed by atoms with Crippen molar-refractivity contribution in [3.05, 3.63) is 0 Å². The summed E-state index contributed by atoms with van der Waals surface area (Å²) in [5, 5.41) is 5.81. The zero-order chi connectivity index (χ0) is 16.5. The van der Waals surface area contributed by atoms with Crippen molar-refractivity contribution in [2.75, 3.05) is 13.2 Å². The molecule has 21 heavy (non-hydrogen) atoms. The minimum Gasteiger partial charge on any atom is -0.374 e. The van der Waals surface area contributed by atoms with Crippen molar-refractivity contribution in [3.8, 4) is 0 Å². The Kier molecular flexibility index (Phi) is 8.55. The lowest BCUT2D eigenvalue weighted by molar-refractivity contribution is -0.122. The molecule has 5 heteroatoms. The van der Waals surface area contributed by atoms with Crippen molar-refractivity contribution in [3.63, 3.8) is 0 Å². The number of nitrogens with one attached hydrogen (secondary N) is 2. The highest BCUT2D eigenvalue weighted by Crippen LogP contribution is 2.22. The lowest BCUT2D eigenvalue weighted by atomic mass is 9.91. The normalized spacial score (nSPS) is 12.1. The van der Waals surface area contributed by atoms with Crippen LogP contribution in [0.15, 0.2) is 0 Å². The second-order valence-corrected chi connectivity index (χ2v) is 6.60. The molecule has 0 saturated heterocycles. The Labute approximate surface area is 129 Å². The van der Waals surface area contributed by atoms with Crippen LogP contribution in [0.25, 0.3) is 0 Å². The van der Waals surface area contributed by atoms with Crippen LogP contribution in [0.4, 0.5) is 0 Å². The zero-order valence-corrected chi connectivity index (χ0v) is 14.5. The van der Waals surface area contributed by atoms with E-state index >= 15 is 0 Å². The molecule has 5 nitrogen and oxygen atoms in total. The molecular weight excluding hydrogens is 268 g/mol. The van der Waals surface area contributed by atoms with E-state index in [0.29, 0.717) is 26.0 Å². The summed E-state index contributed by atoms with van der Waals surface area (Å²) in [6.45, 7) is 12.8. The molecule has 0 rings (SSSR count). The second-order valence-electron chi connectivity index (χ2n) is 6.60. The third kappa shape index (κ3) is 10.3. The summed E-state index contributed by atoms with van der Waals surface area (Å²) in [6, 6.07) is 0. The molecule has 0 bridgehead atoms. The minimum atomic E-state index is -0.273. The van der Waals surface area contributed by atoms with Crippen LogP contribution in [0.1, 0.15) is 67.2 Å². The van der Waals surface area contributed by atoms with Gasteiger partial charge in [-0.1, -0.05) is 13.8 Å². The fourth-order valence-corrected chi connectivity index (χ4v) is 1.86. The fraction of sp³-hybridized carbons (Fsp3) is 0.875. The molecule has 0 aromatic carbocycles. The summed E-state index contributed by atoms with van der Waals surface area (Å²) in [7, 11) is 0. The molecule has 124 valence electrons. The molecule has 0 spiro atoms. The first-order chi connectivity index (χ1) is 9.62. The highest BCUT2D eigenvalue weighted by Gasteiger charge is 2.25. The lowest BCUT2D eigenvalue weighted by Crippen LogP contribution is -2.44. The molecule has 0 heterocycles. The SMILES string of the molecule is CCC(=O)NCCOC(C)(C)CCC(C)(C)NC(=O)CC. The lowest BCUT2D eigenvalue weighted by Gasteiger charge is -2.32. The summed E-state index contributed by atoms with van der Waals surface area (Å²) >= 11 is 0. The van der Waals surface area contributed by atoms with E-state index in [-0.39, 0.29) is 23.0 Å². The first-order valence-electron chi connectivity index (χ1n) is 7.83. The number of hydrogen-bond donors (Lipinski definition) is 2. The number of amides is 2. The van der Waals surface area contributed by atoms with Crippen LogP contribution < -0.4 is 10.6 Å². The summed E-state index contributed by atoms with van der Waals surface area (Å²) in [6.07, 6.45) is 2.67. The second kappa shape index (κ2) is 9.03. The van der Waals surface area contributed by atoms with Crippen LogP contribution >= 0.6 is 0 Å². The van der Waals surface area contributed by atoms with Crippen LogP contribution in [-0.4, -0.2) is 36.1 Å². The van der Waals surface area contributed by atoms with Crippen LogP contribution in [0, 0.1) is 0 Å². The number of hydrogen-bond acceptors (Lipinski definition) is 3. The Hall–Kier alpha value is -1.10. The highest BCUT2D eigenvalue weighted by atomic mass is 16.5. The Morgan fingerprint density at radius 3 is 2.05 bits per heavy atom. The third-order valence-corrected chi connectivity index (χ3v) is 3.39. The predicted molar refractivity (Wildman–Crippen MR) is 85.1 cm³/mol. The summed E-state index contributed by atoms with van der Waals surface area (Å²) in [4.78, 5) is 22.6. The van der Waals surface area contributed by atoms with Gasteiger partial charge in [-0.15, -0.1) is 0 Å². The van der Waals surface area contributed by atoms with Gasteiger partial charge in [0.25, 0.3) is 0 Å². The van der Waals surface area contributed by atoms with Gasteiger partial charge in [0.2, 0.25) is 11.8 Å². The fourth-order valence-electron chi connectivity index (χ4n) is 1.86. The number of carbonyl (C=O) groups excluding carboxylic acids is 2. The van der Waals surface area contributed by atoms with Gasteiger partial charge >= 0.3 is 0 Å². The van der Waals surface area contributed by atoms with Gasteiger partial charge in [-0.25, -0.2) is 0 Å². The Morgan fingerprint density at radius 1 is 0.952 bits per heavy atom. The quantitative estimate of drug-likeness (QED) is 0.609. The van der Waals surface area contributed by atoms with Crippen molar-refractivity contribution < 1.29 is 14.3 Å². The van der Waals surface area contributed by atoms with E-state index < -0.39 is 0 Å². The molecule has 0 saturated carbocycles. The van der Waals surface area contributed by atoms with Gasteiger partial charge in [0, 0.05) is 24.9 Å². The van der Waals surface area contributed by atoms with Gasteiger partial charge in [0.1, 0.15) is 0 Å². The molecule has 0 aromatic rings. The van der Waals surface area contributed by atoms with E-state index in [9.17, 15) is 9.59 Å². The van der Waals surface area contributed by atoms with E-state index in [1.54, 1.807) is 0 Å². The summed E-state index contributed by atoms with van der Waals surface area (Å²) in [5.74, 6) is 0.112. The number of carbonyl (C=O) groups is 2. The minimum absolute atomic E-state index is 0.0415. The van der Waals surface area contributed by atoms with Gasteiger partial charge in [-0.05, 0) is 40.5 Å². The molecule has 0 aliphatic heterocycles. The topological polar surface area (TPSA) is 67.4 Å². The van der Waals surface area contributed by atoms with Gasteiger partial charge in [0.15, 0.2) is 0 Å². The predicted octanol–water partition coefficient (Wildman–Crippen LogP) is 2.39. The maximum absolute atomic E-state index is 11.5. The first kappa shape index (κ1) is 19.9. The third-order valence-electron chi connectivity index (χ3n) is 3.39. The number of rotatable bonds is 10. The molecule has 0 aliphatic rings. The summed E-state index contributed by atoms with van der Waals surface area (Å²) in [5.41, 5.74) is -0.505. The molecule has 2 N–H and O–H groups in total. The zero-order valence-electron chi connectivity index (χ0n) is 14.5. The monoisotopic (exact) mass is 300 g/mol. The van der Waals surface area contributed by atoms with Crippen molar-refractivity contribution >= 4 is 11.8 Å². The molecule has 0 unspecified atom stereocenters. The van der Waals surface area contributed by atoms with E-state index in [2.05, 4.69) is 10.6 Å². The van der Waals surface area contributed by atoms with Gasteiger partial charge in [-0.2, -0.15) is 0 Å². The Balaban J connectivity index is 4.05. The van der Waals surface area contributed by atoms with E-state index in [0.717, 1.165) is 12.8 Å². The Morgan fingerprint density at radius 2 is 1.52 bits per heavy atom. The molecule has 0 aliphatic carbocycles. The van der Waals surface area contributed by atoms with E-state index in [1.165, 1.54) is 0 Å². The maximum atomic E-state index is 11.5. The Bertz CT molecular complexity index is 338. The molecule has 0 atom stereocenters. The molecule has 0 radical (unpaired) electrons. The van der Waals surface area contributed by atoms with E-state index in [1.807, 2.05) is 41.5 Å². The van der Waals surface area contributed by atoms with Crippen molar-refractivity contribution in [1.82, 2.24) is 10.6 Å². The largest absolute Gasteiger partial charge is 0.374 e. The summed E-state index contributed by atoms with van der Waals surface area (Å²) < 4.78 is 5.82. The van der Waals surface area contributed by atoms with Crippen molar-refractivity contribution in [1.29, 1.82) is 0 Å². The number of ether oxygens (including phenoxy) is 1. The van der Waals surface area contributed by atoms with Crippen LogP contribution in [0.5, 0.6) is 0 Å². The maximum Gasteiger partial charge on any atom is 0.220 e. The van der Waals surface area contributed by atoms with E-state index in [4.69, 9.17) is 4.74 Å². The molecule has 0 aromatic heterocycles. The molecular formula is C16H32N2O3. The van der Waals surface area contributed by atoms with Gasteiger partial charge < -0.3 is 15.4 Å². The molecule has 2 amide bonds. The van der Waals surface area contributed by atoms with Crippen molar-refractivity contribution in [2.24, 2.45) is 0 Å². The smallest absolute Gasteiger partial charge is 0.220 e. The van der Waals surface area contributed by atoms with Crippen molar-refractivity contribution in [2.45, 2.75) is 78.4 Å². The average Bonchev–Trinajstić information content (AvgIpc) is 2.41. The standard InChI is InChI=1S/C16H32N2O3/c1-7-13(19)17-11-12-21-16(5,6)10-9-15(3,4)18-14(20)8-2/h7-12H2,1-6H3,(H,17,19)(H,18,20). The van der Waals surface area contributed by atoms with Gasteiger partial charge in [0.05, 0.1) is 12.2 Å².